The summed E-state index contributed by atoms with van der Waals surface area (Å²) >= 11 is 0. The summed E-state index contributed by atoms with van der Waals surface area (Å²) in [6, 6.07) is 2.07. The van der Waals surface area contributed by atoms with Gasteiger partial charge in [0.05, 0.1) is 110 Å². The Morgan fingerprint density at radius 2 is 0.593 bits per heavy atom. The Morgan fingerprint density at radius 3 is 0.835 bits per heavy atom. The highest BCUT2D eigenvalue weighted by Gasteiger charge is 2.30. The Morgan fingerprint density at radius 1 is 0.341 bits per heavy atom. The summed E-state index contributed by atoms with van der Waals surface area (Å²) in [6.07, 6.45) is 19.4. The molecule has 544 valence electrons. The average Bonchev–Trinajstić information content (AvgIpc) is 1.93. The lowest BCUT2D eigenvalue weighted by molar-refractivity contribution is -0.0546. The molecule has 0 aromatic rings. The molecule has 6 rings (SSSR count). The van der Waals surface area contributed by atoms with Crippen LogP contribution in [0.5, 0.6) is 0 Å². The molecule has 0 aromatic heterocycles. The van der Waals surface area contributed by atoms with E-state index in [9.17, 15) is 30.6 Å². The minimum Gasteiger partial charge on any atom is -0.391 e. The number of nitrogens with zero attached hydrogens (tertiary/aromatic N) is 5. The first kappa shape index (κ1) is 87.9. The summed E-state index contributed by atoms with van der Waals surface area (Å²) in [5, 5.41) is 59.1. The number of hydrogen-bond acceptors (Lipinski definition) is 17. The Labute approximate surface area is 560 Å². The van der Waals surface area contributed by atoms with E-state index in [2.05, 4.69) is 59.3 Å². The van der Waals surface area contributed by atoms with Crippen molar-refractivity contribution >= 4 is 0 Å². The quantitative estimate of drug-likeness (QED) is 0.0505. The lowest BCUT2D eigenvalue weighted by atomic mass is 10.0. The van der Waals surface area contributed by atoms with Gasteiger partial charge in [-0.1, -0.05) is 32.3 Å². The van der Waals surface area contributed by atoms with Gasteiger partial charge in [0.1, 0.15) is 0 Å². The average molecular weight is 1300 g/mol. The van der Waals surface area contributed by atoms with Crippen LogP contribution in [0.1, 0.15) is 254 Å². The molecule has 6 fully saturated rings. The summed E-state index contributed by atoms with van der Waals surface area (Å²) in [6.45, 7) is 51.9. The van der Waals surface area contributed by atoms with Gasteiger partial charge in [0, 0.05) is 43.0 Å². The van der Waals surface area contributed by atoms with E-state index in [1.807, 2.05) is 132 Å². The van der Waals surface area contributed by atoms with Crippen molar-refractivity contribution in [2.24, 2.45) is 11.8 Å². The highest BCUT2D eigenvalue weighted by molar-refractivity contribution is 4.97. The minimum absolute atomic E-state index is 0.128. The second-order valence-electron chi connectivity index (χ2n) is 34.0. The molecule has 1 saturated carbocycles. The fourth-order valence-electron chi connectivity index (χ4n) is 12.4. The third-order valence-corrected chi connectivity index (χ3v) is 17.5. The molecule has 17 heteroatoms. The molecule has 6 aliphatic rings. The third-order valence-electron chi connectivity index (χ3n) is 17.5. The van der Waals surface area contributed by atoms with E-state index >= 15 is 0 Å². The zero-order valence-electron chi connectivity index (χ0n) is 63.4. The van der Waals surface area contributed by atoms with Crippen molar-refractivity contribution in [3.8, 4) is 0 Å². The fraction of sp³-hybridized carbons (Fsp3) is 0.973. The largest absolute Gasteiger partial charge is 0.391 e. The number of likely N-dealkylation sites (tertiary alicyclic amines) is 5. The Bertz CT molecular complexity index is 1740. The van der Waals surface area contributed by atoms with E-state index in [1.54, 1.807) is 0 Å². The van der Waals surface area contributed by atoms with Crippen LogP contribution in [0.3, 0.4) is 0 Å². The Balaban J connectivity index is 0.000000546. The molecule has 91 heavy (non-hydrogen) atoms. The molecule has 1 aliphatic carbocycles. The summed E-state index contributed by atoms with van der Waals surface area (Å²) in [7, 11) is 8.54. The summed E-state index contributed by atoms with van der Waals surface area (Å²) in [5.74, 6) is 1.39. The molecular formula is C74H151N5O12. The van der Waals surface area contributed by atoms with Crippen LogP contribution in [-0.4, -0.2) is 257 Å². The molecule has 0 radical (unpaired) electrons. The van der Waals surface area contributed by atoms with Crippen LogP contribution >= 0.6 is 0 Å². The topological polar surface area (TPSA) is 193 Å². The molecule has 5 saturated heterocycles. The Kier molecular flexibility index (Phi) is 41.9. The third kappa shape index (κ3) is 47.5. The molecule has 17 nitrogen and oxygen atoms in total. The normalized spacial score (nSPS) is 24.6. The van der Waals surface area contributed by atoms with Crippen LogP contribution < -0.4 is 0 Å². The molecular weight excluding hydrogens is 1150 g/mol. The Hall–Kier alpha value is -1.10. The molecule has 0 spiro atoms. The predicted octanol–water partition coefficient (Wildman–Crippen LogP) is 11.7. The van der Waals surface area contributed by atoms with E-state index in [0.717, 1.165) is 95.8 Å². The molecule has 5 heterocycles. The van der Waals surface area contributed by atoms with Crippen molar-refractivity contribution in [2.75, 3.05) is 107 Å². The summed E-state index contributed by atoms with van der Waals surface area (Å²) < 4.78 is 33.4. The standard InChI is InChI=1S/C14H27NO2.4C12H25NO2.C12H24O2/c1-11(2)15-8-6-7-12(15)9-13(16)10-17-14(3,4)5;1-12(2,3)15-9-11(14)7-10-5-6-13(4)8-10;3*1-12(2,3)15-9-11(14)8-10-6-5-7-13(10)4;1-12(2,3)14-9-11(13)8-10-6-4-5-7-10/h12-13,16H,1,6-10H2,2-5H3;4*10-11,14H,5-9H2,1-4H3;10-11,13H,4-9H2,1-3H3/t;;2*10?,11-;;11-/m..10.0/s1. The maximum Gasteiger partial charge on any atom is 0.0793 e. The lowest BCUT2D eigenvalue weighted by Crippen LogP contribution is -2.34. The van der Waals surface area contributed by atoms with Crippen molar-refractivity contribution in [3.05, 3.63) is 12.3 Å². The highest BCUT2D eigenvalue weighted by atomic mass is 16.5. The SMILES string of the molecule is C=C(C)N1CCCC1CC(O)COC(C)(C)C.CC(C)(C)OC[C@@H](O)CC1CCCC1.CN1CCC(CC(O)COC(C)(C)C)C1.CN1CCCC1CC(O)COC(C)(C)C.CN1CCCC1C[C@@H](O)COC(C)(C)C.CN1CCCC1C[C@H](O)COC(C)(C)C. The zero-order chi connectivity index (χ0) is 69.6. The van der Waals surface area contributed by atoms with Crippen molar-refractivity contribution in [1.29, 1.82) is 0 Å². The fourth-order valence-corrected chi connectivity index (χ4v) is 12.4. The van der Waals surface area contributed by atoms with Crippen LogP contribution in [0.15, 0.2) is 12.3 Å². The summed E-state index contributed by atoms with van der Waals surface area (Å²) in [4.78, 5) is 11.6. The van der Waals surface area contributed by atoms with Crippen LogP contribution in [0.25, 0.3) is 0 Å². The number of hydrogen-bond donors (Lipinski definition) is 6. The number of ether oxygens (including phenoxy) is 6. The number of aliphatic hydroxyl groups is 6. The molecule has 5 aliphatic heterocycles. The van der Waals surface area contributed by atoms with Crippen molar-refractivity contribution in [2.45, 2.75) is 348 Å². The van der Waals surface area contributed by atoms with E-state index in [0.29, 0.717) is 69.7 Å². The first-order chi connectivity index (χ1) is 41.8. The predicted molar refractivity (Wildman–Crippen MR) is 377 cm³/mol. The minimum atomic E-state index is -0.376. The van der Waals surface area contributed by atoms with Gasteiger partial charge in [-0.25, -0.2) is 0 Å². The van der Waals surface area contributed by atoms with Crippen LogP contribution in [0, 0.1) is 11.8 Å². The zero-order valence-corrected chi connectivity index (χ0v) is 63.4. The molecule has 0 amide bonds. The van der Waals surface area contributed by atoms with E-state index < -0.39 is 0 Å². The van der Waals surface area contributed by atoms with Gasteiger partial charge in [-0.15, -0.1) is 0 Å². The number of rotatable bonds is 25. The van der Waals surface area contributed by atoms with Gasteiger partial charge in [-0.2, -0.15) is 0 Å². The van der Waals surface area contributed by atoms with Gasteiger partial charge < -0.3 is 83.6 Å². The highest BCUT2D eigenvalue weighted by Crippen LogP contribution is 2.30. The van der Waals surface area contributed by atoms with Gasteiger partial charge in [0.2, 0.25) is 0 Å². The monoisotopic (exact) mass is 1300 g/mol. The molecule has 6 N–H and O–H groups in total. The van der Waals surface area contributed by atoms with E-state index in [1.165, 1.54) is 77.0 Å². The number of allylic oxidation sites excluding steroid dienone is 1. The smallest absolute Gasteiger partial charge is 0.0793 e. The maximum atomic E-state index is 9.99. The molecule has 0 aromatic carbocycles. The van der Waals surface area contributed by atoms with E-state index in [-0.39, 0.29) is 70.2 Å². The molecule has 8 unspecified atom stereocenters. The number of aliphatic hydroxyl groups excluding tert-OH is 6. The van der Waals surface area contributed by atoms with Crippen molar-refractivity contribution < 1.29 is 59.1 Å². The molecule has 0 bridgehead atoms. The first-order valence-electron chi connectivity index (χ1n) is 35.9. The van der Waals surface area contributed by atoms with Gasteiger partial charge in [0.15, 0.2) is 0 Å². The van der Waals surface area contributed by atoms with Crippen LogP contribution in [0.4, 0.5) is 0 Å². The summed E-state index contributed by atoms with van der Waals surface area (Å²) in [5.41, 5.74) is 0.207. The van der Waals surface area contributed by atoms with Gasteiger partial charge in [0.25, 0.3) is 0 Å². The van der Waals surface area contributed by atoms with E-state index in [4.69, 9.17) is 28.4 Å². The van der Waals surface area contributed by atoms with Crippen molar-refractivity contribution in [1.82, 2.24) is 24.5 Å². The second-order valence-corrected chi connectivity index (χ2v) is 34.0. The van der Waals surface area contributed by atoms with Crippen molar-refractivity contribution in [3.63, 3.8) is 0 Å². The van der Waals surface area contributed by atoms with Gasteiger partial charge >= 0.3 is 0 Å². The maximum absolute atomic E-state index is 9.99. The van der Waals surface area contributed by atoms with Gasteiger partial charge in [-0.05, 0) is 294 Å². The van der Waals surface area contributed by atoms with Crippen LogP contribution in [-0.2, 0) is 28.4 Å². The lowest BCUT2D eigenvalue weighted by Gasteiger charge is -2.29. The second kappa shape index (κ2) is 43.3. The van der Waals surface area contributed by atoms with Crippen LogP contribution in [0.2, 0.25) is 0 Å². The molecule has 11 atom stereocenters. The van der Waals surface area contributed by atoms with Gasteiger partial charge in [-0.3, -0.25) is 0 Å². The first-order valence-corrected chi connectivity index (χ1v) is 35.9.